The zero-order valence-corrected chi connectivity index (χ0v) is 8.28. The van der Waals surface area contributed by atoms with Crippen LogP contribution in [-0.4, -0.2) is 16.2 Å². The van der Waals surface area contributed by atoms with E-state index in [1.807, 2.05) is 0 Å². The number of hydrogen-bond donors (Lipinski definition) is 3. The third kappa shape index (κ3) is 2.66. The van der Waals surface area contributed by atoms with E-state index in [4.69, 9.17) is 10.8 Å². The van der Waals surface area contributed by atoms with E-state index in [9.17, 15) is 18.7 Å². The molecule has 0 aliphatic rings. The Balaban J connectivity index is 2.87. The van der Waals surface area contributed by atoms with E-state index in [1.54, 1.807) is 0 Å². The summed E-state index contributed by atoms with van der Waals surface area (Å²) in [7, 11) is 0. The minimum Gasteiger partial charge on any atom is -0.505 e. The summed E-state index contributed by atoms with van der Waals surface area (Å²) in [4.78, 5) is 10.3. The van der Waals surface area contributed by atoms with Gasteiger partial charge in [0.15, 0.2) is 11.6 Å². The van der Waals surface area contributed by atoms with Crippen LogP contribution in [0.5, 0.6) is 5.75 Å². The van der Waals surface area contributed by atoms with Crippen LogP contribution in [0, 0.1) is 11.6 Å². The van der Waals surface area contributed by atoms with Gasteiger partial charge in [0, 0.05) is 18.0 Å². The van der Waals surface area contributed by atoms with Crippen molar-refractivity contribution in [3.63, 3.8) is 0 Å². The maximum absolute atomic E-state index is 13.0. The van der Waals surface area contributed by atoms with Crippen LogP contribution in [0.25, 0.3) is 0 Å². The molecule has 0 radical (unpaired) electrons. The van der Waals surface area contributed by atoms with Gasteiger partial charge in [0.2, 0.25) is 5.82 Å². The highest BCUT2D eigenvalue weighted by Gasteiger charge is 2.17. The molecular formula is C10H11F2NO3. The van der Waals surface area contributed by atoms with Crippen molar-refractivity contribution < 1.29 is 23.8 Å². The first-order chi connectivity index (χ1) is 7.43. The zero-order chi connectivity index (χ0) is 12.3. The smallest absolute Gasteiger partial charge is 0.303 e. The van der Waals surface area contributed by atoms with Crippen LogP contribution in [-0.2, 0) is 4.79 Å². The lowest BCUT2D eigenvalue weighted by atomic mass is 10.0. The lowest BCUT2D eigenvalue weighted by Crippen LogP contribution is -2.13. The Kier molecular flexibility index (Phi) is 3.78. The standard InChI is InChI=1S/C10H11F2NO3/c11-6-2-1-5(10(16)9(6)12)7(13)3-4-8(14)15/h1-2,7,16H,3-4,13H2,(H,14,15). The summed E-state index contributed by atoms with van der Waals surface area (Å²) < 4.78 is 25.6. The van der Waals surface area contributed by atoms with Gasteiger partial charge in [-0.3, -0.25) is 4.79 Å². The molecule has 0 heterocycles. The number of aliphatic carboxylic acids is 1. The van der Waals surface area contributed by atoms with E-state index in [0.29, 0.717) is 0 Å². The predicted octanol–water partition coefficient (Wildman–Crippen LogP) is 1.53. The van der Waals surface area contributed by atoms with Gasteiger partial charge in [0.1, 0.15) is 0 Å². The Bertz CT molecular complexity index is 409. The highest BCUT2D eigenvalue weighted by molar-refractivity contribution is 5.66. The van der Waals surface area contributed by atoms with Gasteiger partial charge in [0.25, 0.3) is 0 Å². The van der Waals surface area contributed by atoms with E-state index in [1.165, 1.54) is 0 Å². The second-order valence-electron chi connectivity index (χ2n) is 3.34. The van der Waals surface area contributed by atoms with Crippen LogP contribution in [0.2, 0.25) is 0 Å². The van der Waals surface area contributed by atoms with Gasteiger partial charge in [-0.1, -0.05) is 6.07 Å². The van der Waals surface area contributed by atoms with Crippen molar-refractivity contribution in [3.05, 3.63) is 29.3 Å². The summed E-state index contributed by atoms with van der Waals surface area (Å²) in [6.07, 6.45) is -0.173. The number of benzene rings is 1. The molecule has 0 saturated carbocycles. The normalized spacial score (nSPS) is 12.4. The summed E-state index contributed by atoms with van der Waals surface area (Å²) in [6.45, 7) is 0. The quantitative estimate of drug-likeness (QED) is 0.733. The topological polar surface area (TPSA) is 83.6 Å². The fraction of sp³-hybridized carbons (Fsp3) is 0.300. The number of phenolic OH excluding ortho intramolecular Hbond substituents is 1. The maximum Gasteiger partial charge on any atom is 0.303 e. The second-order valence-corrected chi connectivity index (χ2v) is 3.34. The first-order valence-electron chi connectivity index (χ1n) is 4.57. The summed E-state index contributed by atoms with van der Waals surface area (Å²) in [5, 5.41) is 17.7. The van der Waals surface area contributed by atoms with E-state index in [0.717, 1.165) is 12.1 Å². The molecule has 0 amide bonds. The average Bonchev–Trinajstić information content (AvgIpc) is 2.23. The van der Waals surface area contributed by atoms with Gasteiger partial charge in [-0.05, 0) is 12.5 Å². The molecule has 4 N–H and O–H groups in total. The minimum atomic E-state index is -1.37. The number of nitrogens with two attached hydrogens (primary N) is 1. The molecule has 0 spiro atoms. The molecule has 0 aliphatic carbocycles. The van der Waals surface area contributed by atoms with Crippen LogP contribution in [0.1, 0.15) is 24.4 Å². The number of carboxylic acids is 1. The molecule has 16 heavy (non-hydrogen) atoms. The summed E-state index contributed by atoms with van der Waals surface area (Å²) >= 11 is 0. The third-order valence-corrected chi connectivity index (χ3v) is 2.17. The molecule has 0 fully saturated rings. The fourth-order valence-electron chi connectivity index (χ4n) is 1.29. The third-order valence-electron chi connectivity index (χ3n) is 2.17. The molecule has 0 bridgehead atoms. The molecule has 1 aromatic carbocycles. The van der Waals surface area contributed by atoms with Crippen LogP contribution in [0.4, 0.5) is 8.78 Å². The van der Waals surface area contributed by atoms with Crippen molar-refractivity contribution in [1.82, 2.24) is 0 Å². The van der Waals surface area contributed by atoms with Gasteiger partial charge < -0.3 is 15.9 Å². The van der Waals surface area contributed by atoms with Gasteiger partial charge in [0.05, 0.1) is 0 Å². The Hall–Kier alpha value is -1.69. The molecule has 1 unspecified atom stereocenters. The van der Waals surface area contributed by atoms with Crippen molar-refractivity contribution >= 4 is 5.97 Å². The number of hydrogen-bond acceptors (Lipinski definition) is 3. The lowest BCUT2D eigenvalue weighted by molar-refractivity contribution is -0.137. The number of carbonyl (C=O) groups is 1. The van der Waals surface area contributed by atoms with E-state index in [2.05, 4.69) is 0 Å². The van der Waals surface area contributed by atoms with Crippen LogP contribution in [0.3, 0.4) is 0 Å². The largest absolute Gasteiger partial charge is 0.505 e. The number of phenols is 1. The van der Waals surface area contributed by atoms with Crippen LogP contribution < -0.4 is 5.73 Å². The van der Waals surface area contributed by atoms with Crippen molar-refractivity contribution in [2.45, 2.75) is 18.9 Å². The zero-order valence-electron chi connectivity index (χ0n) is 8.28. The predicted molar refractivity (Wildman–Crippen MR) is 51.8 cm³/mol. The Labute approximate surface area is 90.3 Å². The number of halogens is 2. The van der Waals surface area contributed by atoms with Crippen molar-refractivity contribution in [2.75, 3.05) is 0 Å². The van der Waals surface area contributed by atoms with E-state index in [-0.39, 0.29) is 18.4 Å². The highest BCUT2D eigenvalue weighted by atomic mass is 19.2. The highest BCUT2D eigenvalue weighted by Crippen LogP contribution is 2.29. The number of aromatic hydroxyl groups is 1. The summed E-state index contributed by atoms with van der Waals surface area (Å²) in [5.41, 5.74) is 5.55. The van der Waals surface area contributed by atoms with Crippen LogP contribution >= 0.6 is 0 Å². The van der Waals surface area contributed by atoms with E-state index >= 15 is 0 Å². The number of carboxylic acid groups (broad SMARTS) is 1. The Morgan fingerprint density at radius 2 is 2.06 bits per heavy atom. The van der Waals surface area contributed by atoms with Gasteiger partial charge in [-0.15, -0.1) is 0 Å². The second kappa shape index (κ2) is 4.89. The van der Waals surface area contributed by atoms with Crippen molar-refractivity contribution in [3.8, 4) is 5.75 Å². The molecular weight excluding hydrogens is 220 g/mol. The fourth-order valence-corrected chi connectivity index (χ4v) is 1.29. The summed E-state index contributed by atoms with van der Waals surface area (Å²) in [5.74, 6) is -4.45. The van der Waals surface area contributed by atoms with Crippen molar-refractivity contribution in [1.29, 1.82) is 0 Å². The molecule has 6 heteroatoms. The molecule has 1 aromatic rings. The van der Waals surface area contributed by atoms with E-state index < -0.39 is 29.4 Å². The summed E-state index contributed by atoms with van der Waals surface area (Å²) in [6, 6.07) is 1.14. The first kappa shape index (κ1) is 12.4. The molecule has 1 atom stereocenters. The Morgan fingerprint density at radius 1 is 1.44 bits per heavy atom. The van der Waals surface area contributed by atoms with Crippen LogP contribution in [0.15, 0.2) is 12.1 Å². The first-order valence-corrected chi connectivity index (χ1v) is 4.57. The van der Waals surface area contributed by atoms with Gasteiger partial charge in [-0.25, -0.2) is 4.39 Å². The molecule has 0 aromatic heterocycles. The molecule has 0 saturated heterocycles. The molecule has 4 nitrogen and oxygen atoms in total. The maximum atomic E-state index is 13.0. The SMILES string of the molecule is NC(CCC(=O)O)c1ccc(F)c(F)c1O. The van der Waals surface area contributed by atoms with Crippen molar-refractivity contribution in [2.24, 2.45) is 5.73 Å². The minimum absolute atomic E-state index is 0.000139. The number of rotatable bonds is 4. The molecule has 88 valence electrons. The Morgan fingerprint density at radius 3 is 2.62 bits per heavy atom. The van der Waals surface area contributed by atoms with Gasteiger partial charge >= 0.3 is 5.97 Å². The van der Waals surface area contributed by atoms with Gasteiger partial charge in [-0.2, -0.15) is 4.39 Å². The lowest BCUT2D eigenvalue weighted by Gasteiger charge is -2.13. The average molecular weight is 231 g/mol. The molecule has 0 aliphatic heterocycles. The molecule has 1 rings (SSSR count). The monoisotopic (exact) mass is 231 g/mol.